The average Bonchev–Trinajstić information content (AvgIpc) is 2.26. The van der Waals surface area contributed by atoms with Crippen molar-refractivity contribution >= 4 is 11.7 Å². The molecule has 0 aromatic heterocycles. The van der Waals surface area contributed by atoms with Crippen molar-refractivity contribution < 1.29 is 18.7 Å². The Bertz CT molecular complexity index is 472. The first kappa shape index (κ1) is 12.8. The molecule has 0 radical (unpaired) electrons. The molecule has 0 spiro atoms. The third kappa shape index (κ3) is 2.17. The predicted octanol–water partition coefficient (Wildman–Crippen LogP) is 2.66. The number of carboxylic acids is 1. The van der Waals surface area contributed by atoms with Crippen molar-refractivity contribution in [2.24, 2.45) is 5.41 Å². The largest absolute Gasteiger partial charge is 0.481 e. The molecule has 5 heteroatoms. The maximum Gasteiger partial charge on any atom is 0.311 e. The molecule has 98 valence electrons. The van der Waals surface area contributed by atoms with Gasteiger partial charge in [-0.25, -0.2) is 8.78 Å². The second-order valence-electron chi connectivity index (χ2n) is 4.89. The molecule has 1 fully saturated rings. The predicted molar refractivity (Wildman–Crippen MR) is 63.5 cm³/mol. The van der Waals surface area contributed by atoms with E-state index < -0.39 is 23.0 Å². The van der Waals surface area contributed by atoms with Gasteiger partial charge in [0.1, 0.15) is 11.6 Å². The number of rotatable bonds is 4. The molecule has 1 aromatic rings. The van der Waals surface area contributed by atoms with E-state index in [0.29, 0.717) is 12.8 Å². The minimum Gasteiger partial charge on any atom is -0.481 e. The summed E-state index contributed by atoms with van der Waals surface area (Å²) < 4.78 is 26.6. The Balaban J connectivity index is 2.19. The van der Waals surface area contributed by atoms with Crippen molar-refractivity contribution in [3.8, 4) is 0 Å². The molecule has 2 rings (SSSR count). The third-order valence-corrected chi connectivity index (χ3v) is 3.62. The zero-order valence-electron chi connectivity index (χ0n) is 10.1. The van der Waals surface area contributed by atoms with Crippen molar-refractivity contribution in [3.05, 3.63) is 29.8 Å². The molecule has 0 heterocycles. The molecule has 0 atom stereocenters. The summed E-state index contributed by atoms with van der Waals surface area (Å²) >= 11 is 0. The quantitative estimate of drug-likeness (QED) is 0.899. The Morgan fingerprint density at radius 3 is 2.61 bits per heavy atom. The van der Waals surface area contributed by atoms with Gasteiger partial charge in [0.15, 0.2) is 0 Å². The molecule has 1 aliphatic carbocycles. The number of benzene rings is 1. The van der Waals surface area contributed by atoms with Crippen LogP contribution in [0.2, 0.25) is 0 Å². The lowest BCUT2D eigenvalue weighted by molar-refractivity contribution is -0.153. The van der Waals surface area contributed by atoms with Crippen LogP contribution >= 0.6 is 0 Å². The zero-order valence-corrected chi connectivity index (χ0v) is 10.1. The number of carboxylic acid groups (broad SMARTS) is 1. The van der Waals surface area contributed by atoms with E-state index in [9.17, 15) is 18.7 Å². The van der Waals surface area contributed by atoms with Gasteiger partial charge in [-0.2, -0.15) is 0 Å². The van der Waals surface area contributed by atoms with Crippen LogP contribution in [-0.2, 0) is 4.79 Å². The van der Waals surface area contributed by atoms with Gasteiger partial charge in [-0.15, -0.1) is 0 Å². The summed E-state index contributed by atoms with van der Waals surface area (Å²) in [4.78, 5) is 12.7. The summed E-state index contributed by atoms with van der Waals surface area (Å²) in [6.45, 7) is 0.197. The van der Waals surface area contributed by atoms with Crippen molar-refractivity contribution in [2.45, 2.75) is 19.3 Å². The molecule has 18 heavy (non-hydrogen) atoms. The first-order chi connectivity index (χ1) is 8.44. The van der Waals surface area contributed by atoms with Gasteiger partial charge in [0.05, 0.1) is 11.1 Å². The highest BCUT2D eigenvalue weighted by molar-refractivity contribution is 5.76. The molecule has 1 saturated carbocycles. The van der Waals surface area contributed by atoms with Crippen LogP contribution in [0.1, 0.15) is 19.3 Å². The van der Waals surface area contributed by atoms with Gasteiger partial charge in [0, 0.05) is 19.7 Å². The Morgan fingerprint density at radius 2 is 2.11 bits per heavy atom. The Labute approximate surface area is 104 Å². The molecular weight excluding hydrogens is 240 g/mol. The van der Waals surface area contributed by atoms with Crippen LogP contribution in [0.3, 0.4) is 0 Å². The first-order valence-electron chi connectivity index (χ1n) is 5.84. The summed E-state index contributed by atoms with van der Waals surface area (Å²) in [7, 11) is 1.58. The minimum absolute atomic E-state index is 0.0996. The third-order valence-electron chi connectivity index (χ3n) is 3.62. The van der Waals surface area contributed by atoms with Gasteiger partial charge in [-0.3, -0.25) is 4.79 Å². The van der Waals surface area contributed by atoms with E-state index in [1.807, 2.05) is 0 Å². The monoisotopic (exact) mass is 255 g/mol. The molecule has 3 nitrogen and oxygen atoms in total. The Kier molecular flexibility index (Phi) is 3.24. The van der Waals surface area contributed by atoms with Gasteiger partial charge in [0.2, 0.25) is 0 Å². The average molecular weight is 255 g/mol. The van der Waals surface area contributed by atoms with Crippen LogP contribution in [0.5, 0.6) is 0 Å². The van der Waals surface area contributed by atoms with Gasteiger partial charge >= 0.3 is 5.97 Å². The van der Waals surface area contributed by atoms with E-state index in [2.05, 4.69) is 0 Å². The van der Waals surface area contributed by atoms with Gasteiger partial charge in [0.25, 0.3) is 0 Å². The van der Waals surface area contributed by atoms with E-state index in [-0.39, 0.29) is 12.2 Å². The zero-order chi connectivity index (χ0) is 13.3. The smallest absolute Gasteiger partial charge is 0.311 e. The summed E-state index contributed by atoms with van der Waals surface area (Å²) in [5.41, 5.74) is -0.712. The number of hydrogen-bond acceptors (Lipinski definition) is 2. The van der Waals surface area contributed by atoms with Crippen LogP contribution in [0.4, 0.5) is 14.5 Å². The van der Waals surface area contributed by atoms with Gasteiger partial charge in [-0.1, -0.05) is 6.42 Å². The fraction of sp³-hybridized carbons (Fsp3) is 0.462. The first-order valence-corrected chi connectivity index (χ1v) is 5.84. The number of aliphatic carboxylic acids is 1. The van der Waals surface area contributed by atoms with Crippen molar-refractivity contribution in [1.82, 2.24) is 0 Å². The van der Waals surface area contributed by atoms with E-state index >= 15 is 0 Å². The van der Waals surface area contributed by atoms with E-state index in [1.165, 1.54) is 4.90 Å². The normalized spacial score (nSPS) is 17.1. The lowest BCUT2D eigenvalue weighted by Crippen LogP contribution is -2.47. The standard InChI is InChI=1S/C13H15F2NO2/c1-16(8-13(12(17)18)5-2-6-13)11-7-9(14)3-4-10(11)15/h3-4,7H,2,5-6,8H2,1H3,(H,17,18). The number of anilines is 1. The van der Waals surface area contributed by atoms with Crippen LogP contribution < -0.4 is 4.90 Å². The van der Waals surface area contributed by atoms with Crippen LogP contribution in [0.25, 0.3) is 0 Å². The maximum atomic E-state index is 13.6. The maximum absolute atomic E-state index is 13.6. The number of carbonyl (C=O) groups is 1. The van der Waals surface area contributed by atoms with Crippen LogP contribution in [-0.4, -0.2) is 24.7 Å². The van der Waals surface area contributed by atoms with E-state index in [0.717, 1.165) is 24.6 Å². The fourth-order valence-electron chi connectivity index (χ4n) is 2.36. The highest BCUT2D eigenvalue weighted by atomic mass is 19.1. The molecule has 1 N–H and O–H groups in total. The highest BCUT2D eigenvalue weighted by Gasteiger charge is 2.45. The number of hydrogen-bond donors (Lipinski definition) is 1. The van der Waals surface area contributed by atoms with E-state index in [1.54, 1.807) is 7.05 Å². The lowest BCUT2D eigenvalue weighted by atomic mass is 9.68. The van der Waals surface area contributed by atoms with E-state index in [4.69, 9.17) is 0 Å². The molecule has 1 aliphatic rings. The lowest BCUT2D eigenvalue weighted by Gasteiger charge is -2.41. The van der Waals surface area contributed by atoms with Crippen LogP contribution in [0.15, 0.2) is 18.2 Å². The summed E-state index contributed by atoms with van der Waals surface area (Å²) in [6.07, 6.45) is 2.04. The molecule has 0 saturated heterocycles. The molecule has 1 aromatic carbocycles. The molecule has 0 amide bonds. The summed E-state index contributed by atoms with van der Waals surface area (Å²) in [6, 6.07) is 3.18. The SMILES string of the molecule is CN(CC1(C(=O)O)CCC1)c1cc(F)ccc1F. The number of halogens is 2. The minimum atomic E-state index is -0.864. The molecule has 0 aliphatic heterocycles. The second-order valence-corrected chi connectivity index (χ2v) is 4.89. The van der Waals surface area contributed by atoms with Crippen molar-refractivity contribution in [2.75, 3.05) is 18.5 Å². The fourth-order valence-corrected chi connectivity index (χ4v) is 2.36. The highest BCUT2D eigenvalue weighted by Crippen LogP contribution is 2.42. The summed E-state index contributed by atoms with van der Waals surface area (Å²) in [5, 5.41) is 9.21. The van der Waals surface area contributed by atoms with Crippen LogP contribution in [0, 0.1) is 17.0 Å². The molecule has 0 bridgehead atoms. The Hall–Kier alpha value is -1.65. The van der Waals surface area contributed by atoms with Crippen molar-refractivity contribution in [1.29, 1.82) is 0 Å². The van der Waals surface area contributed by atoms with Crippen molar-refractivity contribution in [3.63, 3.8) is 0 Å². The topological polar surface area (TPSA) is 40.5 Å². The van der Waals surface area contributed by atoms with Gasteiger partial charge < -0.3 is 10.0 Å². The van der Waals surface area contributed by atoms with Gasteiger partial charge in [-0.05, 0) is 25.0 Å². The number of nitrogens with zero attached hydrogens (tertiary/aromatic N) is 1. The molecular formula is C13H15F2NO2. The molecule has 0 unspecified atom stereocenters. The Morgan fingerprint density at radius 1 is 1.44 bits per heavy atom. The summed E-state index contributed by atoms with van der Waals surface area (Å²) in [5.74, 6) is -1.94. The second kappa shape index (κ2) is 4.55.